The molecule has 0 aliphatic heterocycles. The van der Waals surface area contributed by atoms with Gasteiger partial charge in [0.25, 0.3) is 0 Å². The summed E-state index contributed by atoms with van der Waals surface area (Å²) in [5.41, 5.74) is 7.90. The highest BCUT2D eigenvalue weighted by Crippen LogP contribution is 2.41. The van der Waals surface area contributed by atoms with Crippen LogP contribution in [0.1, 0.15) is 0 Å². The van der Waals surface area contributed by atoms with E-state index in [1.165, 1.54) is 52.8 Å². The van der Waals surface area contributed by atoms with Crippen LogP contribution >= 0.6 is 11.3 Å². The topological polar surface area (TPSA) is 56.7 Å². The predicted molar refractivity (Wildman–Crippen MR) is 246 cm³/mol. The van der Waals surface area contributed by atoms with Crippen molar-refractivity contribution in [2.24, 2.45) is 0 Å². The van der Waals surface area contributed by atoms with E-state index < -0.39 is 0 Å². The zero-order valence-corrected chi connectivity index (χ0v) is 32.2. The van der Waals surface area contributed by atoms with Gasteiger partial charge in [-0.1, -0.05) is 115 Å². The first-order valence-electron chi connectivity index (χ1n) is 19.8. The molecule has 0 fully saturated rings. The first-order valence-corrected chi connectivity index (χ1v) is 20.6. The molecular formula is C53H30N4OS. The second kappa shape index (κ2) is 12.4. The quantitative estimate of drug-likeness (QED) is 0.179. The maximum Gasteiger partial charge on any atom is 0.164 e. The van der Waals surface area contributed by atoms with Crippen molar-refractivity contribution in [2.75, 3.05) is 0 Å². The molecule has 274 valence electrons. The lowest BCUT2D eigenvalue weighted by Crippen LogP contribution is -2.00. The minimum Gasteiger partial charge on any atom is -0.456 e. The van der Waals surface area contributed by atoms with Crippen LogP contribution in [0.25, 0.3) is 125 Å². The van der Waals surface area contributed by atoms with Gasteiger partial charge in [-0.3, -0.25) is 0 Å². The molecule has 0 N–H and O–H groups in total. The van der Waals surface area contributed by atoms with Gasteiger partial charge in [0, 0.05) is 64.1 Å². The van der Waals surface area contributed by atoms with E-state index >= 15 is 0 Å². The van der Waals surface area contributed by atoms with Crippen molar-refractivity contribution in [3.63, 3.8) is 0 Å². The lowest BCUT2D eigenvalue weighted by molar-refractivity contribution is 0.669. The van der Waals surface area contributed by atoms with Crippen LogP contribution in [0, 0.1) is 0 Å². The SMILES string of the molecule is c1ccc(-c2nc(-c3ccc4c(c3)sc3ccccc34)nc(-c3ccc4oc5ccc6ccc(-n7c8ccccc8c8cc9ccccc9cc87)cc6c5c4c3)n2)cc1. The van der Waals surface area contributed by atoms with Gasteiger partial charge in [-0.15, -0.1) is 11.3 Å². The van der Waals surface area contributed by atoms with Crippen LogP contribution in [-0.4, -0.2) is 19.5 Å². The molecule has 0 bridgehead atoms. The summed E-state index contributed by atoms with van der Waals surface area (Å²) in [6.45, 7) is 0. The molecule has 0 saturated heterocycles. The van der Waals surface area contributed by atoms with Crippen LogP contribution in [0.15, 0.2) is 186 Å². The molecule has 13 aromatic rings. The number of hydrogen-bond acceptors (Lipinski definition) is 5. The Morgan fingerprint density at radius 3 is 1.90 bits per heavy atom. The van der Waals surface area contributed by atoms with E-state index in [0.29, 0.717) is 17.5 Å². The Balaban J connectivity index is 1.01. The molecule has 0 unspecified atom stereocenters. The largest absolute Gasteiger partial charge is 0.456 e. The molecule has 0 spiro atoms. The molecule has 0 atom stereocenters. The average molecular weight is 771 g/mol. The zero-order chi connectivity index (χ0) is 38.6. The fraction of sp³-hybridized carbons (Fsp3) is 0. The van der Waals surface area contributed by atoms with E-state index in [1.54, 1.807) is 11.3 Å². The summed E-state index contributed by atoms with van der Waals surface area (Å²) in [6.07, 6.45) is 0. The highest BCUT2D eigenvalue weighted by molar-refractivity contribution is 7.25. The van der Waals surface area contributed by atoms with Crippen molar-refractivity contribution >= 4 is 96.8 Å². The van der Waals surface area contributed by atoms with Gasteiger partial charge in [-0.05, 0) is 88.3 Å². The van der Waals surface area contributed by atoms with Crippen molar-refractivity contribution in [1.29, 1.82) is 0 Å². The number of para-hydroxylation sites is 1. The Labute approximate surface area is 341 Å². The van der Waals surface area contributed by atoms with Gasteiger partial charge >= 0.3 is 0 Å². The van der Waals surface area contributed by atoms with Gasteiger partial charge in [0.05, 0.1) is 11.0 Å². The number of hydrogen-bond donors (Lipinski definition) is 0. The minimum atomic E-state index is 0.611. The molecule has 0 amide bonds. The lowest BCUT2D eigenvalue weighted by atomic mass is 10.0. The van der Waals surface area contributed by atoms with E-state index in [-0.39, 0.29) is 0 Å². The first kappa shape index (κ1) is 32.4. The molecule has 4 aromatic heterocycles. The van der Waals surface area contributed by atoms with Gasteiger partial charge in [0.1, 0.15) is 11.2 Å². The standard InChI is InChI=1S/C53H30N4OS/c1-2-10-32(11-3-1)51-54-52(56-53(55-51)36-19-23-40-39-15-7-9-17-48(39)59-49(40)29-36)35-21-24-46-43(27-35)50-41-30-37(22-18-31(41)20-25-47(50)58-46)57-44-16-8-6-14-38(44)42-26-33-12-4-5-13-34(33)28-45(42)57/h1-30H. The van der Waals surface area contributed by atoms with E-state index in [2.05, 4.69) is 150 Å². The van der Waals surface area contributed by atoms with Gasteiger partial charge in [0.2, 0.25) is 0 Å². The molecule has 0 aliphatic rings. The summed E-state index contributed by atoms with van der Waals surface area (Å²) < 4.78 is 11.4. The van der Waals surface area contributed by atoms with Crippen molar-refractivity contribution in [1.82, 2.24) is 19.5 Å². The third-order valence-corrected chi connectivity index (χ3v) is 12.9. The van der Waals surface area contributed by atoms with Crippen molar-refractivity contribution in [3.05, 3.63) is 182 Å². The second-order valence-electron chi connectivity index (χ2n) is 15.2. The number of nitrogens with zero attached hydrogens (tertiary/aromatic N) is 4. The van der Waals surface area contributed by atoms with Crippen LogP contribution in [-0.2, 0) is 0 Å². The summed E-state index contributed by atoms with van der Waals surface area (Å²) in [4.78, 5) is 15.3. The Morgan fingerprint density at radius 1 is 0.373 bits per heavy atom. The van der Waals surface area contributed by atoms with Gasteiger partial charge in [-0.25, -0.2) is 15.0 Å². The van der Waals surface area contributed by atoms with Crippen LogP contribution in [0.5, 0.6) is 0 Å². The monoisotopic (exact) mass is 770 g/mol. The molecular weight excluding hydrogens is 741 g/mol. The van der Waals surface area contributed by atoms with Crippen LogP contribution in [0.3, 0.4) is 0 Å². The molecule has 4 heterocycles. The summed E-state index contributed by atoms with van der Waals surface area (Å²) >= 11 is 1.79. The van der Waals surface area contributed by atoms with E-state index in [4.69, 9.17) is 19.4 Å². The molecule has 0 aliphatic carbocycles. The van der Waals surface area contributed by atoms with Gasteiger partial charge in [0.15, 0.2) is 17.5 Å². The second-order valence-corrected chi connectivity index (χ2v) is 16.3. The van der Waals surface area contributed by atoms with E-state index in [1.807, 2.05) is 36.4 Å². The smallest absolute Gasteiger partial charge is 0.164 e. The summed E-state index contributed by atoms with van der Waals surface area (Å²) in [7, 11) is 0. The van der Waals surface area contributed by atoms with Crippen molar-refractivity contribution < 1.29 is 4.42 Å². The molecule has 0 radical (unpaired) electrons. The highest BCUT2D eigenvalue weighted by Gasteiger charge is 2.19. The third kappa shape index (κ3) is 5.00. The number of rotatable bonds is 4. The fourth-order valence-electron chi connectivity index (χ4n) is 9.01. The Bertz CT molecular complexity index is 3860. The van der Waals surface area contributed by atoms with E-state index in [9.17, 15) is 0 Å². The number of benzene rings is 9. The Hall–Kier alpha value is -7.67. The Morgan fingerprint density at radius 2 is 1.03 bits per heavy atom. The van der Waals surface area contributed by atoms with Crippen LogP contribution < -0.4 is 0 Å². The fourth-order valence-corrected chi connectivity index (χ4v) is 10.2. The van der Waals surface area contributed by atoms with Crippen molar-refractivity contribution in [2.45, 2.75) is 0 Å². The van der Waals surface area contributed by atoms with Crippen molar-refractivity contribution in [3.8, 4) is 39.9 Å². The molecule has 13 rings (SSSR count). The van der Waals surface area contributed by atoms with Gasteiger partial charge in [-0.2, -0.15) is 0 Å². The molecule has 6 heteroatoms. The molecule has 9 aromatic carbocycles. The minimum absolute atomic E-state index is 0.611. The van der Waals surface area contributed by atoms with E-state index in [0.717, 1.165) is 55.1 Å². The summed E-state index contributed by atoms with van der Waals surface area (Å²) in [5.74, 6) is 1.88. The van der Waals surface area contributed by atoms with Crippen LogP contribution in [0.4, 0.5) is 0 Å². The maximum absolute atomic E-state index is 6.56. The number of thiophene rings is 1. The number of aromatic nitrogens is 4. The van der Waals surface area contributed by atoms with Gasteiger partial charge < -0.3 is 8.98 Å². The average Bonchev–Trinajstić information content (AvgIpc) is 3.97. The highest BCUT2D eigenvalue weighted by atomic mass is 32.1. The zero-order valence-electron chi connectivity index (χ0n) is 31.4. The maximum atomic E-state index is 6.56. The first-order chi connectivity index (χ1) is 29.2. The lowest BCUT2D eigenvalue weighted by Gasteiger charge is -2.11. The normalized spacial score (nSPS) is 12.1. The number of fused-ring (bicyclic) bond motifs is 12. The molecule has 5 nitrogen and oxygen atoms in total. The number of furan rings is 1. The third-order valence-electron chi connectivity index (χ3n) is 11.8. The summed E-state index contributed by atoms with van der Waals surface area (Å²) in [5, 5.41) is 11.8. The molecule has 59 heavy (non-hydrogen) atoms. The molecule has 0 saturated carbocycles. The Kier molecular flexibility index (Phi) is 6.82. The van der Waals surface area contributed by atoms with Crippen LogP contribution in [0.2, 0.25) is 0 Å². The predicted octanol–water partition coefficient (Wildman–Crippen LogP) is 14.5. The summed E-state index contributed by atoms with van der Waals surface area (Å²) in [6, 6.07) is 64.5.